The first-order chi connectivity index (χ1) is 18.7. The molecular formula is C27H19ClF7N3O2. The average Bonchev–Trinajstić information content (AvgIpc) is 3.36. The van der Waals surface area contributed by atoms with E-state index >= 15 is 0 Å². The topological polar surface area (TPSA) is 71.1 Å². The molecule has 3 aromatic rings. The molecule has 2 N–H and O–H groups in total. The van der Waals surface area contributed by atoms with Gasteiger partial charge in [0.15, 0.2) is 0 Å². The van der Waals surface area contributed by atoms with E-state index in [1.165, 1.54) is 12.3 Å². The van der Waals surface area contributed by atoms with E-state index in [2.05, 4.69) is 15.6 Å². The lowest BCUT2D eigenvalue weighted by atomic mass is 9.83. The second kappa shape index (κ2) is 10.1. The summed E-state index contributed by atoms with van der Waals surface area (Å²) < 4.78 is 93.3. The monoisotopic (exact) mass is 585 g/mol. The molecule has 2 unspecified atom stereocenters. The fourth-order valence-corrected chi connectivity index (χ4v) is 5.87. The van der Waals surface area contributed by atoms with Crippen molar-refractivity contribution in [3.05, 3.63) is 82.3 Å². The minimum absolute atomic E-state index is 0.0588. The van der Waals surface area contributed by atoms with Crippen molar-refractivity contribution in [1.82, 2.24) is 10.3 Å². The Hall–Kier alpha value is -3.67. The van der Waals surface area contributed by atoms with Gasteiger partial charge in [-0.05, 0) is 61.2 Å². The molecule has 2 saturated carbocycles. The molecule has 4 atom stereocenters. The summed E-state index contributed by atoms with van der Waals surface area (Å²) in [5.74, 6) is -6.10. The van der Waals surface area contributed by atoms with Crippen molar-refractivity contribution in [2.75, 3.05) is 5.32 Å². The molecule has 2 bridgehead atoms. The third kappa shape index (κ3) is 5.49. The lowest BCUT2D eigenvalue weighted by molar-refractivity contribution is -0.140. The van der Waals surface area contributed by atoms with Crippen LogP contribution in [-0.2, 0) is 11.0 Å². The van der Waals surface area contributed by atoms with Crippen LogP contribution in [0.5, 0.6) is 0 Å². The van der Waals surface area contributed by atoms with E-state index in [-0.39, 0.29) is 35.7 Å². The van der Waals surface area contributed by atoms with Crippen LogP contribution in [0.15, 0.2) is 60.3 Å². The molecule has 5 nitrogen and oxygen atoms in total. The van der Waals surface area contributed by atoms with Gasteiger partial charge in [-0.25, -0.2) is 4.39 Å². The van der Waals surface area contributed by atoms with Crippen LogP contribution in [0.3, 0.4) is 0 Å². The summed E-state index contributed by atoms with van der Waals surface area (Å²) >= 11 is 6.01. The van der Waals surface area contributed by atoms with E-state index in [4.69, 9.17) is 11.6 Å². The summed E-state index contributed by atoms with van der Waals surface area (Å²) in [5.41, 5.74) is -1.43. The summed E-state index contributed by atoms with van der Waals surface area (Å²) in [7, 11) is 0. The zero-order chi connectivity index (χ0) is 29.0. The molecule has 13 heteroatoms. The van der Waals surface area contributed by atoms with Gasteiger partial charge in [0.2, 0.25) is 5.91 Å². The highest BCUT2D eigenvalue weighted by Gasteiger charge is 2.55. The fourth-order valence-electron chi connectivity index (χ4n) is 5.69. The number of carbonyl (C=O) groups is 2. The summed E-state index contributed by atoms with van der Waals surface area (Å²) in [5, 5.41) is 5.87. The standard InChI is InChI=1S/C27H19ClF7N3O2/c28-14-1-6-21-12(8-14)7-13(11-36-21)24(39)38-23-17-4-3-16(18(17)10-26(30,31)32)22(23)25(40)37-15-2-5-20(29)19(9-15)27(33,34)35/h1-2,5-11,16-17,22-23H,3-4H2,(H,37,40)(H,38,39)/b18-10-/t16?,17?,22-,23+/m0/s1. The van der Waals surface area contributed by atoms with Gasteiger partial charge in [0.1, 0.15) is 5.82 Å². The maximum atomic E-state index is 13.7. The van der Waals surface area contributed by atoms with E-state index in [0.29, 0.717) is 28.1 Å². The number of allylic oxidation sites excluding steroid dienone is 1. The second-order valence-electron chi connectivity index (χ2n) is 9.74. The molecule has 1 heterocycles. The summed E-state index contributed by atoms with van der Waals surface area (Å²) in [6, 6.07) is 7.11. The van der Waals surface area contributed by atoms with Crippen LogP contribution >= 0.6 is 11.6 Å². The van der Waals surface area contributed by atoms with Gasteiger partial charge in [-0.2, -0.15) is 26.3 Å². The van der Waals surface area contributed by atoms with Crippen LogP contribution in [0.25, 0.3) is 10.9 Å². The highest BCUT2D eigenvalue weighted by atomic mass is 35.5. The first-order valence-electron chi connectivity index (χ1n) is 12.0. The highest BCUT2D eigenvalue weighted by molar-refractivity contribution is 6.31. The molecular weight excluding hydrogens is 567 g/mol. The molecule has 2 aromatic carbocycles. The van der Waals surface area contributed by atoms with Crippen molar-refractivity contribution < 1.29 is 40.3 Å². The maximum Gasteiger partial charge on any atom is 0.419 e. The van der Waals surface area contributed by atoms with Gasteiger partial charge in [-0.3, -0.25) is 14.6 Å². The third-order valence-corrected chi connectivity index (χ3v) is 7.51. The summed E-state index contributed by atoms with van der Waals surface area (Å²) in [4.78, 5) is 30.7. The number of fused-ring (bicyclic) bond motifs is 3. The first-order valence-corrected chi connectivity index (χ1v) is 12.4. The Morgan fingerprint density at radius 1 is 0.975 bits per heavy atom. The Labute approximate surface area is 227 Å². The minimum atomic E-state index is -5.03. The molecule has 2 aliphatic rings. The number of pyridine rings is 1. The molecule has 0 radical (unpaired) electrons. The molecule has 2 fully saturated rings. The van der Waals surface area contributed by atoms with Gasteiger partial charge in [0.25, 0.3) is 5.91 Å². The number of anilines is 1. The van der Waals surface area contributed by atoms with Gasteiger partial charge in [-0.15, -0.1) is 0 Å². The number of nitrogens with zero attached hydrogens (tertiary/aromatic N) is 1. The molecule has 0 spiro atoms. The Bertz CT molecular complexity index is 1540. The van der Waals surface area contributed by atoms with Crippen molar-refractivity contribution in [2.24, 2.45) is 17.8 Å². The number of benzene rings is 2. The average molecular weight is 586 g/mol. The van der Waals surface area contributed by atoms with Crippen molar-refractivity contribution in [3.8, 4) is 0 Å². The zero-order valence-corrected chi connectivity index (χ0v) is 21.0. The number of amides is 2. The molecule has 5 rings (SSSR count). The van der Waals surface area contributed by atoms with Crippen LogP contribution in [0.4, 0.5) is 36.4 Å². The van der Waals surface area contributed by atoms with E-state index in [1.807, 2.05) is 0 Å². The van der Waals surface area contributed by atoms with Crippen LogP contribution < -0.4 is 10.6 Å². The van der Waals surface area contributed by atoms with Gasteiger partial charge in [0.05, 0.1) is 22.6 Å². The molecule has 210 valence electrons. The molecule has 2 amide bonds. The lowest BCUT2D eigenvalue weighted by Crippen LogP contribution is -2.48. The number of rotatable bonds is 4. The molecule has 1 aromatic heterocycles. The van der Waals surface area contributed by atoms with Crippen LogP contribution in [-0.4, -0.2) is 29.0 Å². The Morgan fingerprint density at radius 2 is 1.70 bits per heavy atom. The number of hydrogen-bond donors (Lipinski definition) is 2. The third-order valence-electron chi connectivity index (χ3n) is 7.27. The van der Waals surface area contributed by atoms with Crippen LogP contribution in [0, 0.1) is 23.6 Å². The fraction of sp³-hybridized carbons (Fsp3) is 0.296. The molecule has 0 saturated heterocycles. The first kappa shape index (κ1) is 27.9. The van der Waals surface area contributed by atoms with E-state index in [0.717, 1.165) is 6.07 Å². The van der Waals surface area contributed by atoms with Gasteiger partial charge in [-0.1, -0.05) is 17.2 Å². The molecule has 40 heavy (non-hydrogen) atoms. The predicted octanol–water partition coefficient (Wildman–Crippen LogP) is 6.93. The lowest BCUT2D eigenvalue weighted by Gasteiger charge is -2.30. The van der Waals surface area contributed by atoms with Crippen LogP contribution in [0.2, 0.25) is 5.02 Å². The minimum Gasteiger partial charge on any atom is -0.348 e. The van der Waals surface area contributed by atoms with Crippen molar-refractivity contribution >= 4 is 40.0 Å². The smallest absolute Gasteiger partial charge is 0.348 e. The predicted molar refractivity (Wildman–Crippen MR) is 132 cm³/mol. The summed E-state index contributed by atoms with van der Waals surface area (Å²) in [6.45, 7) is 0. The van der Waals surface area contributed by atoms with E-state index < -0.39 is 59.3 Å². The zero-order valence-electron chi connectivity index (χ0n) is 20.2. The Morgan fingerprint density at radius 3 is 2.40 bits per heavy atom. The van der Waals surface area contributed by atoms with Gasteiger partial charge >= 0.3 is 12.4 Å². The molecule has 0 aliphatic heterocycles. The quantitative estimate of drug-likeness (QED) is 0.258. The highest BCUT2D eigenvalue weighted by Crippen LogP contribution is 2.54. The van der Waals surface area contributed by atoms with Gasteiger partial charge < -0.3 is 10.6 Å². The number of halogens is 8. The van der Waals surface area contributed by atoms with Crippen molar-refractivity contribution in [2.45, 2.75) is 31.2 Å². The SMILES string of the molecule is O=C(N[C@@H]1C2CCC(/C2=C/C(F)(F)F)[C@@H]1C(=O)Nc1ccc(F)c(C(F)(F)F)c1)c1cnc2ccc(Cl)cc2c1. The maximum absolute atomic E-state index is 13.7. The molecule has 2 aliphatic carbocycles. The van der Waals surface area contributed by atoms with Crippen molar-refractivity contribution in [3.63, 3.8) is 0 Å². The number of hydrogen-bond acceptors (Lipinski definition) is 3. The van der Waals surface area contributed by atoms with E-state index in [1.54, 1.807) is 18.2 Å². The number of carbonyl (C=O) groups excluding carboxylic acids is 2. The number of alkyl halides is 6. The van der Waals surface area contributed by atoms with E-state index in [9.17, 15) is 40.3 Å². The Kier molecular flexibility index (Phi) is 7.01. The second-order valence-corrected chi connectivity index (χ2v) is 10.2. The Balaban J connectivity index is 1.46. The van der Waals surface area contributed by atoms with Gasteiger partial charge in [0, 0.05) is 40.3 Å². The number of aromatic nitrogens is 1. The summed E-state index contributed by atoms with van der Waals surface area (Å²) in [6.07, 6.45) is -7.84. The largest absolute Gasteiger partial charge is 0.419 e. The van der Waals surface area contributed by atoms with Crippen LogP contribution in [0.1, 0.15) is 28.8 Å². The normalized spacial score (nSPS) is 23.6. The van der Waals surface area contributed by atoms with Crippen molar-refractivity contribution in [1.29, 1.82) is 0 Å². The number of nitrogens with one attached hydrogen (secondary N) is 2.